The van der Waals surface area contributed by atoms with Crippen molar-refractivity contribution in [2.45, 2.75) is 38.3 Å². The quantitative estimate of drug-likeness (QED) is 0.907. The molecule has 0 radical (unpaired) electrons. The van der Waals surface area contributed by atoms with E-state index in [2.05, 4.69) is 5.32 Å². The van der Waals surface area contributed by atoms with E-state index in [9.17, 15) is 18.0 Å². The molecule has 1 fully saturated rings. The highest BCUT2D eigenvalue weighted by molar-refractivity contribution is 5.93. The lowest BCUT2D eigenvalue weighted by atomic mass is 9.88. The molecule has 2 rings (SSSR count). The molecule has 1 aromatic carbocycles. The van der Waals surface area contributed by atoms with Crippen molar-refractivity contribution in [2.75, 3.05) is 11.9 Å². The number of rotatable bonds is 4. The molecule has 1 aliphatic carbocycles. The standard InChI is InChI=1S/C15H18F3NO2/c16-15(17,18)10-21-13-9-5-4-8-12(13)19-14(20)11-6-2-1-3-7-11/h4-5,8-9,11H,1-3,6-7,10H2,(H,19,20). The Morgan fingerprint density at radius 3 is 2.52 bits per heavy atom. The van der Waals surface area contributed by atoms with Gasteiger partial charge in [-0.3, -0.25) is 4.79 Å². The van der Waals surface area contributed by atoms with E-state index in [1.165, 1.54) is 6.07 Å². The number of anilines is 1. The predicted molar refractivity (Wildman–Crippen MR) is 73.2 cm³/mol. The summed E-state index contributed by atoms with van der Waals surface area (Å²) in [6.45, 7) is -1.37. The SMILES string of the molecule is O=C(Nc1ccccc1OCC(F)(F)F)C1CCCCC1. The first kappa shape index (κ1) is 15.7. The number of ether oxygens (including phenoxy) is 1. The van der Waals surface area contributed by atoms with E-state index in [0.29, 0.717) is 0 Å². The molecule has 1 N–H and O–H groups in total. The molecule has 1 saturated carbocycles. The zero-order valence-corrected chi connectivity index (χ0v) is 11.6. The molecular weight excluding hydrogens is 283 g/mol. The van der Waals surface area contributed by atoms with Crippen LogP contribution in [0.3, 0.4) is 0 Å². The lowest BCUT2D eigenvalue weighted by Gasteiger charge is -2.21. The van der Waals surface area contributed by atoms with Gasteiger partial charge in [-0.25, -0.2) is 0 Å². The molecule has 21 heavy (non-hydrogen) atoms. The molecule has 1 amide bonds. The van der Waals surface area contributed by atoms with Crippen LogP contribution in [0.15, 0.2) is 24.3 Å². The van der Waals surface area contributed by atoms with Gasteiger partial charge in [0, 0.05) is 5.92 Å². The number of benzene rings is 1. The summed E-state index contributed by atoms with van der Waals surface area (Å²) in [7, 11) is 0. The van der Waals surface area contributed by atoms with Crippen LogP contribution in [0.25, 0.3) is 0 Å². The second-order valence-corrected chi connectivity index (χ2v) is 5.22. The normalized spacial score (nSPS) is 16.5. The smallest absolute Gasteiger partial charge is 0.422 e. The average Bonchev–Trinajstić information content (AvgIpc) is 2.46. The number of hydrogen-bond acceptors (Lipinski definition) is 2. The highest BCUT2D eigenvalue weighted by Gasteiger charge is 2.29. The molecule has 1 aliphatic rings. The Kier molecular flexibility index (Phi) is 5.09. The Hall–Kier alpha value is -1.72. The summed E-state index contributed by atoms with van der Waals surface area (Å²) in [6.07, 6.45) is 0.430. The van der Waals surface area contributed by atoms with Crippen molar-refractivity contribution in [1.29, 1.82) is 0 Å². The molecule has 0 aromatic heterocycles. The fraction of sp³-hybridized carbons (Fsp3) is 0.533. The molecular formula is C15H18F3NO2. The number of para-hydroxylation sites is 2. The van der Waals surface area contributed by atoms with E-state index < -0.39 is 12.8 Å². The van der Waals surface area contributed by atoms with Crippen molar-refractivity contribution in [3.63, 3.8) is 0 Å². The van der Waals surface area contributed by atoms with Gasteiger partial charge in [0.15, 0.2) is 6.61 Å². The second-order valence-electron chi connectivity index (χ2n) is 5.22. The minimum absolute atomic E-state index is 0.0407. The minimum Gasteiger partial charge on any atom is -0.482 e. The van der Waals surface area contributed by atoms with Crippen LogP contribution < -0.4 is 10.1 Å². The number of nitrogens with one attached hydrogen (secondary N) is 1. The average molecular weight is 301 g/mol. The number of halogens is 3. The highest BCUT2D eigenvalue weighted by Crippen LogP contribution is 2.29. The lowest BCUT2D eigenvalue weighted by Crippen LogP contribution is -2.25. The highest BCUT2D eigenvalue weighted by atomic mass is 19.4. The lowest BCUT2D eigenvalue weighted by molar-refractivity contribution is -0.153. The number of amides is 1. The van der Waals surface area contributed by atoms with Crippen LogP contribution in [0.4, 0.5) is 18.9 Å². The van der Waals surface area contributed by atoms with Crippen molar-refractivity contribution in [3.05, 3.63) is 24.3 Å². The van der Waals surface area contributed by atoms with Crippen molar-refractivity contribution in [3.8, 4) is 5.75 Å². The molecule has 0 spiro atoms. The Bertz CT molecular complexity index is 482. The summed E-state index contributed by atoms with van der Waals surface area (Å²) in [6, 6.07) is 6.19. The van der Waals surface area contributed by atoms with Crippen molar-refractivity contribution < 1.29 is 22.7 Å². The van der Waals surface area contributed by atoms with Gasteiger partial charge in [-0.05, 0) is 25.0 Å². The summed E-state index contributed by atoms with van der Waals surface area (Å²) in [5, 5.41) is 2.69. The Labute approximate surface area is 121 Å². The fourth-order valence-electron chi connectivity index (χ4n) is 2.45. The van der Waals surface area contributed by atoms with Gasteiger partial charge >= 0.3 is 6.18 Å². The zero-order valence-electron chi connectivity index (χ0n) is 11.6. The summed E-state index contributed by atoms with van der Waals surface area (Å²) in [5.74, 6) is -0.161. The van der Waals surface area contributed by atoms with Crippen LogP contribution in [0.1, 0.15) is 32.1 Å². The Morgan fingerprint density at radius 1 is 1.19 bits per heavy atom. The second kappa shape index (κ2) is 6.83. The number of hydrogen-bond donors (Lipinski definition) is 1. The van der Waals surface area contributed by atoms with Crippen LogP contribution >= 0.6 is 0 Å². The van der Waals surface area contributed by atoms with E-state index >= 15 is 0 Å². The molecule has 0 unspecified atom stereocenters. The first-order chi connectivity index (χ1) is 9.96. The third kappa shape index (κ3) is 4.95. The Balaban J connectivity index is 2.00. The fourth-order valence-corrected chi connectivity index (χ4v) is 2.45. The van der Waals surface area contributed by atoms with Gasteiger partial charge in [0.2, 0.25) is 5.91 Å². The third-order valence-corrected chi connectivity index (χ3v) is 3.51. The van der Waals surface area contributed by atoms with Crippen molar-refractivity contribution in [1.82, 2.24) is 0 Å². The van der Waals surface area contributed by atoms with Gasteiger partial charge in [-0.15, -0.1) is 0 Å². The van der Waals surface area contributed by atoms with Gasteiger partial charge < -0.3 is 10.1 Å². The van der Waals surface area contributed by atoms with Gasteiger partial charge in [0.05, 0.1) is 5.69 Å². The molecule has 0 saturated heterocycles. The third-order valence-electron chi connectivity index (χ3n) is 3.51. The number of carbonyl (C=O) groups is 1. The molecule has 0 atom stereocenters. The van der Waals surface area contributed by atoms with Gasteiger partial charge in [0.25, 0.3) is 0 Å². The summed E-state index contributed by atoms with van der Waals surface area (Å²) in [5.41, 5.74) is 0.289. The topological polar surface area (TPSA) is 38.3 Å². The molecule has 0 aliphatic heterocycles. The van der Waals surface area contributed by atoms with Crippen LogP contribution in [-0.2, 0) is 4.79 Å². The first-order valence-corrected chi connectivity index (χ1v) is 7.05. The maximum Gasteiger partial charge on any atom is 0.422 e. The summed E-state index contributed by atoms with van der Waals surface area (Å²) in [4.78, 5) is 12.1. The van der Waals surface area contributed by atoms with Crippen molar-refractivity contribution in [2.24, 2.45) is 5.92 Å². The van der Waals surface area contributed by atoms with Gasteiger partial charge in [-0.2, -0.15) is 13.2 Å². The van der Waals surface area contributed by atoms with Gasteiger partial charge in [0.1, 0.15) is 5.75 Å². The van der Waals surface area contributed by atoms with E-state index in [0.717, 1.165) is 32.1 Å². The maximum atomic E-state index is 12.2. The van der Waals surface area contributed by atoms with Crippen LogP contribution in [0, 0.1) is 5.92 Å². The van der Waals surface area contributed by atoms with Crippen LogP contribution in [0.5, 0.6) is 5.75 Å². The minimum atomic E-state index is -4.40. The van der Waals surface area contributed by atoms with E-state index in [4.69, 9.17) is 4.74 Å². The van der Waals surface area contributed by atoms with Crippen LogP contribution in [0.2, 0.25) is 0 Å². The molecule has 116 valence electrons. The largest absolute Gasteiger partial charge is 0.482 e. The van der Waals surface area contributed by atoms with E-state index in [1.807, 2.05) is 0 Å². The summed E-state index contributed by atoms with van der Waals surface area (Å²) >= 11 is 0. The summed E-state index contributed by atoms with van der Waals surface area (Å²) < 4.78 is 41.4. The molecule has 0 bridgehead atoms. The van der Waals surface area contributed by atoms with Gasteiger partial charge in [-0.1, -0.05) is 31.4 Å². The Morgan fingerprint density at radius 2 is 1.86 bits per heavy atom. The number of carbonyl (C=O) groups excluding carboxylic acids is 1. The maximum absolute atomic E-state index is 12.2. The van der Waals surface area contributed by atoms with E-state index in [1.54, 1.807) is 18.2 Å². The zero-order chi connectivity index (χ0) is 15.3. The van der Waals surface area contributed by atoms with E-state index in [-0.39, 0.29) is 23.3 Å². The molecule has 6 heteroatoms. The number of alkyl halides is 3. The first-order valence-electron chi connectivity index (χ1n) is 7.05. The predicted octanol–water partition coefficient (Wildman–Crippen LogP) is 4.15. The van der Waals surface area contributed by atoms with Crippen LogP contribution in [-0.4, -0.2) is 18.7 Å². The monoisotopic (exact) mass is 301 g/mol. The molecule has 3 nitrogen and oxygen atoms in total. The molecule has 1 aromatic rings. The molecule has 0 heterocycles. The van der Waals surface area contributed by atoms with Crippen molar-refractivity contribution >= 4 is 11.6 Å².